The van der Waals surface area contributed by atoms with E-state index in [4.69, 9.17) is 4.74 Å². The van der Waals surface area contributed by atoms with Crippen molar-refractivity contribution >= 4 is 21.7 Å². The molecule has 0 aliphatic heterocycles. The number of nitrogens with zero attached hydrogens (tertiary/aromatic N) is 2. The summed E-state index contributed by atoms with van der Waals surface area (Å²) in [4.78, 5) is 8.55. The topological polar surface area (TPSA) is 47.0 Å². The van der Waals surface area contributed by atoms with Crippen molar-refractivity contribution in [3.8, 4) is 5.75 Å². The molecule has 2 rings (SSSR count). The van der Waals surface area contributed by atoms with Gasteiger partial charge in [0, 0.05) is 18.8 Å². The van der Waals surface area contributed by atoms with Gasteiger partial charge < -0.3 is 10.1 Å². The summed E-state index contributed by atoms with van der Waals surface area (Å²) < 4.78 is 19.0. The smallest absolute Gasteiger partial charge is 0.168 e. The lowest BCUT2D eigenvalue weighted by Gasteiger charge is -2.08. The van der Waals surface area contributed by atoms with Gasteiger partial charge in [-0.2, -0.15) is 0 Å². The Morgan fingerprint density at radius 2 is 2.11 bits per heavy atom. The first-order valence-corrected chi connectivity index (χ1v) is 6.48. The van der Waals surface area contributed by atoms with Gasteiger partial charge in [-0.15, -0.1) is 0 Å². The van der Waals surface area contributed by atoms with Crippen molar-refractivity contribution in [2.45, 2.75) is 13.5 Å². The number of halogens is 2. The number of hydrogen-bond donors (Lipinski definition) is 1. The molecule has 2 aromatic rings. The van der Waals surface area contributed by atoms with Gasteiger partial charge in [0.05, 0.1) is 4.47 Å². The molecule has 0 atom stereocenters. The van der Waals surface area contributed by atoms with Gasteiger partial charge in [-0.1, -0.05) is 0 Å². The van der Waals surface area contributed by atoms with E-state index in [9.17, 15) is 4.39 Å². The fraction of sp³-hybridized carbons (Fsp3) is 0.231. The van der Waals surface area contributed by atoms with Crippen LogP contribution in [0.1, 0.15) is 11.5 Å². The first kappa shape index (κ1) is 13.7. The number of rotatable bonds is 4. The van der Waals surface area contributed by atoms with Crippen molar-refractivity contribution in [1.82, 2.24) is 9.97 Å². The van der Waals surface area contributed by atoms with Crippen molar-refractivity contribution in [1.29, 1.82) is 0 Å². The summed E-state index contributed by atoms with van der Waals surface area (Å²) in [5.74, 6) is 1.55. The summed E-state index contributed by atoms with van der Waals surface area (Å²) in [5, 5.41) is 2.96. The maximum atomic E-state index is 13.1. The Morgan fingerprint density at radius 3 is 2.79 bits per heavy atom. The maximum absolute atomic E-state index is 13.1. The summed E-state index contributed by atoms with van der Waals surface area (Å²) in [7, 11) is 1.80. The quantitative estimate of drug-likeness (QED) is 0.936. The van der Waals surface area contributed by atoms with Crippen LogP contribution in [0.3, 0.4) is 0 Å². The second-order valence-corrected chi connectivity index (χ2v) is 4.78. The van der Waals surface area contributed by atoms with Crippen LogP contribution in [-0.2, 0) is 6.61 Å². The summed E-state index contributed by atoms with van der Waals surface area (Å²) in [5.41, 5.74) is 0.859. The van der Waals surface area contributed by atoms with E-state index in [1.807, 2.05) is 13.0 Å². The molecule has 0 aliphatic carbocycles. The third-order valence-corrected chi connectivity index (χ3v) is 3.02. The van der Waals surface area contributed by atoms with E-state index in [0.717, 1.165) is 11.5 Å². The molecule has 0 saturated heterocycles. The molecular weight excluding hydrogens is 313 g/mol. The number of nitrogens with one attached hydrogen (secondary N) is 1. The molecule has 0 bridgehead atoms. The highest BCUT2D eigenvalue weighted by Gasteiger charge is 2.04. The largest absolute Gasteiger partial charge is 0.486 e. The number of hydrogen-bond acceptors (Lipinski definition) is 4. The summed E-state index contributed by atoms with van der Waals surface area (Å²) in [6.07, 6.45) is 0. The Hall–Kier alpha value is -1.69. The standard InChI is InChI=1S/C13H13BrFN3O/c1-8-5-12(16-2)18-13(17-8)7-19-9-3-4-11(15)10(14)6-9/h3-6H,7H2,1-2H3,(H,16,17,18). The van der Waals surface area contributed by atoms with Crippen molar-refractivity contribution in [3.05, 3.63) is 46.1 Å². The van der Waals surface area contributed by atoms with E-state index >= 15 is 0 Å². The molecule has 0 spiro atoms. The Kier molecular flexibility index (Phi) is 4.31. The fourth-order valence-corrected chi connectivity index (χ4v) is 1.89. The second kappa shape index (κ2) is 5.97. The molecule has 0 amide bonds. The van der Waals surface area contributed by atoms with Crippen molar-refractivity contribution in [3.63, 3.8) is 0 Å². The molecule has 0 unspecified atom stereocenters. The lowest BCUT2D eigenvalue weighted by atomic mass is 10.3. The predicted octanol–water partition coefficient (Wildman–Crippen LogP) is 3.31. The van der Waals surface area contributed by atoms with E-state index in [0.29, 0.717) is 16.0 Å². The van der Waals surface area contributed by atoms with Gasteiger partial charge >= 0.3 is 0 Å². The Bertz CT molecular complexity index is 592. The first-order valence-electron chi connectivity index (χ1n) is 5.68. The summed E-state index contributed by atoms with van der Waals surface area (Å²) in [6.45, 7) is 2.12. The molecule has 1 N–H and O–H groups in total. The Morgan fingerprint density at radius 1 is 1.32 bits per heavy atom. The highest BCUT2D eigenvalue weighted by Crippen LogP contribution is 2.22. The van der Waals surface area contributed by atoms with E-state index in [1.54, 1.807) is 19.2 Å². The highest BCUT2D eigenvalue weighted by atomic mass is 79.9. The normalized spacial score (nSPS) is 10.3. The number of ether oxygens (including phenoxy) is 1. The number of aryl methyl sites for hydroxylation is 1. The van der Waals surface area contributed by atoms with Crippen LogP contribution in [-0.4, -0.2) is 17.0 Å². The van der Waals surface area contributed by atoms with Gasteiger partial charge in [0.25, 0.3) is 0 Å². The lowest BCUT2D eigenvalue weighted by Crippen LogP contribution is -2.05. The third kappa shape index (κ3) is 3.64. The van der Waals surface area contributed by atoms with Gasteiger partial charge in [0.15, 0.2) is 5.82 Å². The van der Waals surface area contributed by atoms with E-state index in [2.05, 4.69) is 31.2 Å². The summed E-state index contributed by atoms with van der Waals surface area (Å²) >= 11 is 3.11. The van der Waals surface area contributed by atoms with Crippen molar-refractivity contribution in [2.24, 2.45) is 0 Å². The van der Waals surface area contributed by atoms with Crippen LogP contribution in [0.15, 0.2) is 28.7 Å². The zero-order valence-corrected chi connectivity index (χ0v) is 12.2. The van der Waals surface area contributed by atoms with Crippen LogP contribution in [0.4, 0.5) is 10.2 Å². The number of benzene rings is 1. The van der Waals surface area contributed by atoms with E-state index in [-0.39, 0.29) is 12.4 Å². The minimum atomic E-state index is -0.323. The van der Waals surface area contributed by atoms with Crippen LogP contribution in [0, 0.1) is 12.7 Å². The first-order chi connectivity index (χ1) is 9.08. The van der Waals surface area contributed by atoms with Crippen LogP contribution >= 0.6 is 15.9 Å². The van der Waals surface area contributed by atoms with Gasteiger partial charge in [0.2, 0.25) is 0 Å². The zero-order chi connectivity index (χ0) is 13.8. The third-order valence-electron chi connectivity index (χ3n) is 2.42. The predicted molar refractivity (Wildman–Crippen MR) is 74.7 cm³/mol. The molecule has 6 heteroatoms. The van der Waals surface area contributed by atoms with Gasteiger partial charge in [0.1, 0.15) is 24.0 Å². The minimum Gasteiger partial charge on any atom is -0.486 e. The van der Waals surface area contributed by atoms with E-state index in [1.165, 1.54) is 6.07 Å². The average molecular weight is 326 g/mol. The molecular formula is C13H13BrFN3O. The molecule has 1 heterocycles. The zero-order valence-electron chi connectivity index (χ0n) is 10.6. The van der Waals surface area contributed by atoms with Gasteiger partial charge in [-0.3, -0.25) is 0 Å². The van der Waals surface area contributed by atoms with E-state index < -0.39 is 0 Å². The molecule has 0 saturated carbocycles. The molecule has 0 radical (unpaired) electrons. The lowest BCUT2D eigenvalue weighted by molar-refractivity contribution is 0.295. The number of aromatic nitrogens is 2. The van der Waals surface area contributed by atoms with Gasteiger partial charge in [-0.05, 0) is 41.1 Å². The molecule has 0 aliphatic rings. The van der Waals surface area contributed by atoms with Crippen molar-refractivity contribution in [2.75, 3.05) is 12.4 Å². The van der Waals surface area contributed by atoms with Crippen LogP contribution in [0.5, 0.6) is 5.75 Å². The van der Waals surface area contributed by atoms with Gasteiger partial charge in [-0.25, -0.2) is 14.4 Å². The monoisotopic (exact) mass is 325 g/mol. The van der Waals surface area contributed by atoms with Crippen LogP contribution in [0.25, 0.3) is 0 Å². The Balaban J connectivity index is 2.09. The SMILES string of the molecule is CNc1cc(C)nc(COc2ccc(F)c(Br)c2)n1. The average Bonchev–Trinajstić information content (AvgIpc) is 2.39. The summed E-state index contributed by atoms with van der Waals surface area (Å²) in [6, 6.07) is 6.33. The molecule has 1 aromatic heterocycles. The van der Waals surface area contributed by atoms with Crippen LogP contribution < -0.4 is 10.1 Å². The Labute approximate surface area is 119 Å². The molecule has 19 heavy (non-hydrogen) atoms. The number of anilines is 1. The molecule has 4 nitrogen and oxygen atoms in total. The minimum absolute atomic E-state index is 0.231. The molecule has 0 fully saturated rings. The maximum Gasteiger partial charge on any atom is 0.168 e. The van der Waals surface area contributed by atoms with Crippen LogP contribution in [0.2, 0.25) is 0 Å². The van der Waals surface area contributed by atoms with Crippen molar-refractivity contribution < 1.29 is 9.13 Å². The molecule has 100 valence electrons. The fourth-order valence-electron chi connectivity index (χ4n) is 1.54. The molecule has 1 aromatic carbocycles. The highest BCUT2D eigenvalue weighted by molar-refractivity contribution is 9.10. The second-order valence-electron chi connectivity index (χ2n) is 3.93.